The normalized spacial score (nSPS) is 45.7. The van der Waals surface area contributed by atoms with E-state index in [1.165, 1.54) is 5.57 Å². The minimum Gasteiger partial charge on any atom is -0.392 e. The van der Waals surface area contributed by atoms with E-state index in [0.717, 1.165) is 12.8 Å². The average Bonchev–Trinajstić information content (AvgIpc) is 2.60. The van der Waals surface area contributed by atoms with E-state index in [2.05, 4.69) is 27.7 Å². The minimum absolute atomic E-state index is 0.0899. The summed E-state index contributed by atoms with van der Waals surface area (Å²) in [6.45, 7) is 8.80. The van der Waals surface area contributed by atoms with Gasteiger partial charge in [-0.25, -0.2) is 0 Å². The first-order valence-corrected chi connectivity index (χ1v) is 6.65. The number of hydrogen-bond acceptors (Lipinski definition) is 2. The third kappa shape index (κ3) is 1.08. The summed E-state index contributed by atoms with van der Waals surface area (Å²) in [5, 5.41) is 10.5. The summed E-state index contributed by atoms with van der Waals surface area (Å²) < 4.78 is 0. The van der Waals surface area contributed by atoms with Gasteiger partial charge in [-0.1, -0.05) is 33.3 Å². The van der Waals surface area contributed by atoms with Crippen LogP contribution in [0, 0.1) is 22.2 Å². The van der Waals surface area contributed by atoms with Crippen molar-refractivity contribution in [3.63, 3.8) is 0 Å². The first kappa shape index (κ1) is 11.5. The highest BCUT2D eigenvalue weighted by molar-refractivity contribution is 5.93. The molecule has 2 heteroatoms. The Balaban J connectivity index is 2.25. The van der Waals surface area contributed by atoms with E-state index in [1.54, 1.807) is 0 Å². The summed E-state index contributed by atoms with van der Waals surface area (Å²) in [5.41, 5.74) is 1.09. The second kappa shape index (κ2) is 2.85. The van der Waals surface area contributed by atoms with Crippen LogP contribution in [0.1, 0.15) is 47.0 Å². The first-order chi connectivity index (χ1) is 7.72. The summed E-state index contributed by atoms with van der Waals surface area (Å²) in [7, 11) is 0. The summed E-state index contributed by atoms with van der Waals surface area (Å²) in [6.07, 6.45) is 4.15. The van der Waals surface area contributed by atoms with Gasteiger partial charge in [-0.2, -0.15) is 0 Å². The number of carbonyl (C=O) groups excluding carboxylic acids is 1. The van der Waals surface area contributed by atoms with Crippen LogP contribution < -0.4 is 0 Å². The van der Waals surface area contributed by atoms with Gasteiger partial charge in [0.2, 0.25) is 0 Å². The second-order valence-corrected chi connectivity index (χ2v) is 7.43. The average molecular weight is 234 g/mol. The van der Waals surface area contributed by atoms with Gasteiger partial charge in [0.25, 0.3) is 0 Å². The molecule has 2 bridgehead atoms. The lowest BCUT2D eigenvalue weighted by Crippen LogP contribution is -2.51. The maximum absolute atomic E-state index is 11.9. The van der Waals surface area contributed by atoms with Crippen LogP contribution >= 0.6 is 0 Å². The Morgan fingerprint density at radius 3 is 2.59 bits per heavy atom. The van der Waals surface area contributed by atoms with Gasteiger partial charge in [-0.05, 0) is 35.7 Å². The molecule has 2 fully saturated rings. The van der Waals surface area contributed by atoms with E-state index in [9.17, 15) is 9.90 Å². The van der Waals surface area contributed by atoms with Crippen molar-refractivity contribution < 1.29 is 9.90 Å². The molecular weight excluding hydrogens is 212 g/mol. The molecule has 1 N–H and O–H groups in total. The number of carbonyl (C=O) groups is 1. The minimum atomic E-state index is -0.255. The summed E-state index contributed by atoms with van der Waals surface area (Å²) >= 11 is 0. The van der Waals surface area contributed by atoms with Crippen LogP contribution in [-0.4, -0.2) is 17.0 Å². The Morgan fingerprint density at radius 1 is 1.29 bits per heavy atom. The predicted octanol–water partition coefficient (Wildman–Crippen LogP) is 2.71. The Hall–Kier alpha value is -0.630. The molecule has 94 valence electrons. The molecule has 0 aromatic heterocycles. The van der Waals surface area contributed by atoms with E-state index in [0.29, 0.717) is 12.3 Å². The third-order valence-corrected chi connectivity index (χ3v) is 5.97. The van der Waals surface area contributed by atoms with Gasteiger partial charge in [0.1, 0.15) is 0 Å². The molecule has 0 amide bonds. The zero-order valence-electron chi connectivity index (χ0n) is 11.2. The van der Waals surface area contributed by atoms with Crippen molar-refractivity contribution in [3.05, 3.63) is 11.6 Å². The van der Waals surface area contributed by atoms with Crippen LogP contribution in [0.4, 0.5) is 0 Å². The molecule has 0 saturated heterocycles. The van der Waals surface area contributed by atoms with Crippen LogP contribution in [0.25, 0.3) is 0 Å². The van der Waals surface area contributed by atoms with Crippen molar-refractivity contribution in [1.29, 1.82) is 0 Å². The molecule has 0 unspecified atom stereocenters. The quantitative estimate of drug-likeness (QED) is 0.699. The smallest absolute Gasteiger partial charge is 0.156 e. The SMILES string of the molecule is CC1(C)C2=CC(=O)CC(C)(C)[C@@]23C[C@@H]1C[C@H]3O. The van der Waals surface area contributed by atoms with E-state index < -0.39 is 0 Å². The standard InChI is InChI=1S/C15H22O2/c1-13(2)8-10(16)6-11-14(3,4)9-5-12(17)15(11,13)7-9/h6,9,12,17H,5,7-8H2,1-4H3/t9-,12+,15-/m0/s1. The summed E-state index contributed by atoms with van der Waals surface area (Å²) in [5.74, 6) is 0.775. The van der Waals surface area contributed by atoms with E-state index in [1.807, 2.05) is 6.08 Å². The Morgan fingerprint density at radius 2 is 1.94 bits per heavy atom. The van der Waals surface area contributed by atoms with Gasteiger partial charge in [0, 0.05) is 11.8 Å². The number of fused-ring (bicyclic) bond motifs is 1. The maximum atomic E-state index is 11.9. The van der Waals surface area contributed by atoms with Gasteiger partial charge in [-0.3, -0.25) is 4.79 Å². The molecule has 17 heavy (non-hydrogen) atoms. The van der Waals surface area contributed by atoms with Gasteiger partial charge in [0.15, 0.2) is 5.78 Å². The van der Waals surface area contributed by atoms with Crippen molar-refractivity contribution >= 4 is 5.78 Å². The van der Waals surface area contributed by atoms with Crippen molar-refractivity contribution in [2.75, 3.05) is 0 Å². The zero-order chi connectivity index (χ0) is 12.6. The molecule has 3 aliphatic carbocycles. The number of hydrogen-bond donors (Lipinski definition) is 1. The van der Waals surface area contributed by atoms with Crippen molar-refractivity contribution in [3.8, 4) is 0 Å². The second-order valence-electron chi connectivity index (χ2n) is 7.43. The number of aliphatic hydroxyl groups excluding tert-OH is 1. The van der Waals surface area contributed by atoms with Crippen LogP contribution in [0.2, 0.25) is 0 Å². The van der Waals surface area contributed by atoms with Gasteiger partial charge >= 0.3 is 0 Å². The third-order valence-electron chi connectivity index (χ3n) is 5.97. The fourth-order valence-electron chi connectivity index (χ4n) is 4.92. The topological polar surface area (TPSA) is 37.3 Å². The zero-order valence-corrected chi connectivity index (χ0v) is 11.2. The lowest BCUT2D eigenvalue weighted by molar-refractivity contribution is -0.122. The summed E-state index contributed by atoms with van der Waals surface area (Å²) in [4.78, 5) is 11.9. The molecule has 0 radical (unpaired) electrons. The Bertz CT molecular complexity index is 430. The maximum Gasteiger partial charge on any atom is 0.156 e. The number of ketones is 1. The van der Waals surface area contributed by atoms with E-state index >= 15 is 0 Å². The van der Waals surface area contributed by atoms with Gasteiger partial charge in [0.05, 0.1) is 6.10 Å². The van der Waals surface area contributed by atoms with Crippen LogP contribution in [0.5, 0.6) is 0 Å². The van der Waals surface area contributed by atoms with Crippen LogP contribution in [0.3, 0.4) is 0 Å². The fourth-order valence-corrected chi connectivity index (χ4v) is 4.92. The molecule has 0 aromatic carbocycles. The monoisotopic (exact) mass is 234 g/mol. The van der Waals surface area contributed by atoms with Gasteiger partial charge in [-0.15, -0.1) is 0 Å². The highest BCUT2D eigenvalue weighted by Crippen LogP contribution is 2.73. The molecule has 3 aliphatic rings. The number of aliphatic hydroxyl groups is 1. The Labute approximate surface area is 103 Å². The molecule has 1 spiro atoms. The van der Waals surface area contributed by atoms with Crippen LogP contribution in [0.15, 0.2) is 11.6 Å². The highest BCUT2D eigenvalue weighted by atomic mass is 16.3. The van der Waals surface area contributed by atoms with Gasteiger partial charge < -0.3 is 5.11 Å². The lowest BCUT2D eigenvalue weighted by atomic mass is 9.52. The van der Waals surface area contributed by atoms with Crippen molar-refractivity contribution in [1.82, 2.24) is 0 Å². The molecule has 3 atom stereocenters. The molecular formula is C15H22O2. The van der Waals surface area contributed by atoms with E-state index in [-0.39, 0.29) is 28.1 Å². The largest absolute Gasteiger partial charge is 0.392 e. The highest BCUT2D eigenvalue weighted by Gasteiger charge is 2.69. The predicted molar refractivity (Wildman–Crippen MR) is 66.4 cm³/mol. The summed E-state index contributed by atoms with van der Waals surface area (Å²) in [6, 6.07) is 0. The first-order valence-electron chi connectivity index (χ1n) is 6.65. The number of allylic oxidation sites excluding steroid dienone is 1. The van der Waals surface area contributed by atoms with Crippen molar-refractivity contribution in [2.24, 2.45) is 22.2 Å². The molecule has 0 aliphatic heterocycles. The molecule has 0 aromatic rings. The fraction of sp³-hybridized carbons (Fsp3) is 0.800. The van der Waals surface area contributed by atoms with Crippen molar-refractivity contribution in [2.45, 2.75) is 53.1 Å². The molecule has 2 saturated carbocycles. The van der Waals surface area contributed by atoms with Crippen LogP contribution in [-0.2, 0) is 4.79 Å². The lowest BCUT2D eigenvalue weighted by Gasteiger charge is -2.52. The molecule has 2 nitrogen and oxygen atoms in total. The molecule has 3 rings (SSSR count). The Kier molecular flexibility index (Phi) is 1.92. The molecule has 0 heterocycles. The number of rotatable bonds is 0. The van der Waals surface area contributed by atoms with E-state index in [4.69, 9.17) is 0 Å².